The molecular formula is C21H37IN6. The van der Waals surface area contributed by atoms with E-state index in [1.54, 1.807) is 0 Å². The summed E-state index contributed by atoms with van der Waals surface area (Å²) in [7, 11) is 6.34. The molecule has 0 spiro atoms. The number of aromatic nitrogens is 1. The van der Waals surface area contributed by atoms with E-state index in [4.69, 9.17) is 0 Å². The fraction of sp³-hybridized carbons (Fsp3) is 0.714. The van der Waals surface area contributed by atoms with Crippen LogP contribution < -0.4 is 10.2 Å². The Morgan fingerprint density at radius 3 is 2.46 bits per heavy atom. The SMILES string of the molecule is CN=C(NCC(C1CCCCC1)N(C)C)N1CCN(c2ccccn2)CC1.I. The van der Waals surface area contributed by atoms with Gasteiger partial charge in [0.2, 0.25) is 0 Å². The maximum Gasteiger partial charge on any atom is 0.193 e. The van der Waals surface area contributed by atoms with Gasteiger partial charge in [0, 0.05) is 52.0 Å². The predicted octanol–water partition coefficient (Wildman–Crippen LogP) is 2.91. The molecule has 1 saturated heterocycles. The first-order valence-electron chi connectivity index (χ1n) is 10.5. The summed E-state index contributed by atoms with van der Waals surface area (Å²) in [6.07, 6.45) is 8.79. The molecule has 1 unspecified atom stereocenters. The number of hydrogen-bond acceptors (Lipinski definition) is 4. The van der Waals surface area contributed by atoms with Gasteiger partial charge in [-0.2, -0.15) is 0 Å². The highest BCUT2D eigenvalue weighted by molar-refractivity contribution is 14.0. The molecule has 1 aliphatic heterocycles. The molecular weight excluding hydrogens is 463 g/mol. The lowest BCUT2D eigenvalue weighted by molar-refractivity contribution is 0.170. The summed E-state index contributed by atoms with van der Waals surface area (Å²) in [4.78, 5) is 16.2. The Morgan fingerprint density at radius 1 is 1.18 bits per heavy atom. The van der Waals surface area contributed by atoms with Crippen LogP contribution in [0.25, 0.3) is 0 Å². The first-order valence-corrected chi connectivity index (χ1v) is 10.5. The van der Waals surface area contributed by atoms with Gasteiger partial charge in [0.25, 0.3) is 0 Å². The molecule has 2 aliphatic rings. The van der Waals surface area contributed by atoms with Gasteiger partial charge >= 0.3 is 0 Å². The number of anilines is 1. The summed E-state index contributed by atoms with van der Waals surface area (Å²) >= 11 is 0. The second-order valence-corrected chi connectivity index (χ2v) is 8.02. The average Bonchev–Trinajstić information content (AvgIpc) is 2.72. The van der Waals surface area contributed by atoms with Crippen molar-refractivity contribution in [2.75, 3.05) is 58.8 Å². The minimum atomic E-state index is 0. The molecule has 1 N–H and O–H groups in total. The summed E-state index contributed by atoms with van der Waals surface area (Å²) in [6.45, 7) is 4.90. The summed E-state index contributed by atoms with van der Waals surface area (Å²) in [6, 6.07) is 6.70. The highest BCUT2D eigenvalue weighted by atomic mass is 127. The summed E-state index contributed by atoms with van der Waals surface area (Å²) in [5, 5.41) is 3.67. The van der Waals surface area contributed by atoms with Crippen LogP contribution in [0.5, 0.6) is 0 Å². The topological polar surface area (TPSA) is 47.0 Å². The van der Waals surface area contributed by atoms with Crippen molar-refractivity contribution in [2.24, 2.45) is 10.9 Å². The quantitative estimate of drug-likeness (QED) is 0.383. The minimum absolute atomic E-state index is 0. The molecule has 1 aliphatic carbocycles. The van der Waals surface area contributed by atoms with E-state index in [9.17, 15) is 0 Å². The van der Waals surface area contributed by atoms with E-state index in [0.717, 1.165) is 50.4 Å². The van der Waals surface area contributed by atoms with Crippen LogP contribution in [0.4, 0.5) is 5.82 Å². The number of aliphatic imine (C=N–C) groups is 1. The number of nitrogens with one attached hydrogen (secondary N) is 1. The summed E-state index contributed by atoms with van der Waals surface area (Å²) < 4.78 is 0. The van der Waals surface area contributed by atoms with Crippen molar-refractivity contribution in [3.8, 4) is 0 Å². The molecule has 3 rings (SSSR count). The molecule has 158 valence electrons. The number of guanidine groups is 1. The Labute approximate surface area is 187 Å². The van der Waals surface area contributed by atoms with E-state index < -0.39 is 0 Å². The zero-order valence-electron chi connectivity index (χ0n) is 17.7. The third-order valence-corrected chi connectivity index (χ3v) is 6.09. The Kier molecular flexibility index (Phi) is 9.77. The summed E-state index contributed by atoms with van der Waals surface area (Å²) in [5.41, 5.74) is 0. The standard InChI is InChI=1S/C21H36N6.HI/c1-22-21(24-17-19(25(2)3)18-9-5-4-6-10-18)27-15-13-26(14-16-27)20-11-7-8-12-23-20;/h7-8,11-12,18-19H,4-6,9-10,13-17H2,1-3H3,(H,22,24);1H. The number of halogens is 1. The molecule has 2 heterocycles. The molecule has 1 aromatic rings. The fourth-order valence-electron chi connectivity index (χ4n) is 4.51. The molecule has 1 saturated carbocycles. The predicted molar refractivity (Wildman–Crippen MR) is 129 cm³/mol. The smallest absolute Gasteiger partial charge is 0.193 e. The molecule has 2 fully saturated rings. The van der Waals surface area contributed by atoms with E-state index in [1.807, 2.05) is 19.3 Å². The number of pyridine rings is 1. The molecule has 0 radical (unpaired) electrons. The van der Waals surface area contributed by atoms with Crippen LogP contribution in [0.3, 0.4) is 0 Å². The van der Waals surface area contributed by atoms with Gasteiger partial charge in [0.15, 0.2) is 5.96 Å². The van der Waals surface area contributed by atoms with E-state index in [0.29, 0.717) is 6.04 Å². The van der Waals surface area contributed by atoms with Gasteiger partial charge in [-0.3, -0.25) is 4.99 Å². The Bertz CT molecular complexity index is 580. The second kappa shape index (κ2) is 11.8. The number of likely N-dealkylation sites (N-methyl/N-ethyl adjacent to an activating group) is 1. The number of piperazine rings is 1. The summed E-state index contributed by atoms with van der Waals surface area (Å²) in [5.74, 6) is 2.92. The molecule has 1 atom stereocenters. The van der Waals surface area contributed by atoms with Crippen LogP contribution in [-0.4, -0.2) is 80.7 Å². The van der Waals surface area contributed by atoms with Crippen LogP contribution in [0.2, 0.25) is 0 Å². The fourth-order valence-corrected chi connectivity index (χ4v) is 4.51. The highest BCUT2D eigenvalue weighted by Gasteiger charge is 2.26. The first-order chi connectivity index (χ1) is 13.2. The largest absolute Gasteiger partial charge is 0.355 e. The van der Waals surface area contributed by atoms with Gasteiger partial charge in [0.05, 0.1) is 0 Å². The van der Waals surface area contributed by atoms with Crippen LogP contribution in [0.1, 0.15) is 32.1 Å². The van der Waals surface area contributed by atoms with Crippen molar-refractivity contribution in [1.29, 1.82) is 0 Å². The molecule has 28 heavy (non-hydrogen) atoms. The second-order valence-electron chi connectivity index (χ2n) is 8.02. The lowest BCUT2D eigenvalue weighted by atomic mass is 9.83. The van der Waals surface area contributed by atoms with E-state index >= 15 is 0 Å². The third kappa shape index (κ3) is 6.20. The Hall–Kier alpha value is -1.09. The number of hydrogen-bond donors (Lipinski definition) is 1. The zero-order valence-corrected chi connectivity index (χ0v) is 20.0. The first kappa shape index (κ1) is 23.2. The molecule has 0 aromatic carbocycles. The van der Waals surface area contributed by atoms with E-state index in [2.05, 4.69) is 56.2 Å². The van der Waals surface area contributed by atoms with Gasteiger partial charge in [0.1, 0.15) is 5.82 Å². The Balaban J connectivity index is 0.00000280. The van der Waals surface area contributed by atoms with Crippen molar-refractivity contribution < 1.29 is 0 Å². The third-order valence-electron chi connectivity index (χ3n) is 6.09. The van der Waals surface area contributed by atoms with Crippen molar-refractivity contribution in [1.82, 2.24) is 20.1 Å². The van der Waals surface area contributed by atoms with Gasteiger partial charge in [-0.25, -0.2) is 4.98 Å². The molecule has 0 amide bonds. The van der Waals surface area contributed by atoms with Crippen LogP contribution >= 0.6 is 24.0 Å². The lowest BCUT2D eigenvalue weighted by Gasteiger charge is -2.39. The van der Waals surface area contributed by atoms with Gasteiger partial charge in [-0.1, -0.05) is 25.3 Å². The van der Waals surface area contributed by atoms with Crippen LogP contribution in [0, 0.1) is 5.92 Å². The van der Waals surface area contributed by atoms with Crippen LogP contribution in [0.15, 0.2) is 29.4 Å². The van der Waals surface area contributed by atoms with Crippen LogP contribution in [-0.2, 0) is 0 Å². The maximum absolute atomic E-state index is 4.56. The van der Waals surface area contributed by atoms with Crippen molar-refractivity contribution >= 4 is 35.8 Å². The normalized spacial score (nSPS) is 20.1. The molecule has 7 heteroatoms. The highest BCUT2D eigenvalue weighted by Crippen LogP contribution is 2.28. The Morgan fingerprint density at radius 2 is 1.89 bits per heavy atom. The van der Waals surface area contributed by atoms with Gasteiger partial charge in [-0.05, 0) is 45.0 Å². The van der Waals surface area contributed by atoms with Gasteiger partial charge < -0.3 is 20.0 Å². The van der Waals surface area contributed by atoms with Crippen molar-refractivity contribution in [2.45, 2.75) is 38.1 Å². The molecule has 0 bridgehead atoms. The molecule has 6 nitrogen and oxygen atoms in total. The zero-order chi connectivity index (χ0) is 19.1. The van der Waals surface area contributed by atoms with E-state index in [1.165, 1.54) is 32.1 Å². The van der Waals surface area contributed by atoms with Crippen molar-refractivity contribution in [3.63, 3.8) is 0 Å². The molecule has 1 aromatic heterocycles. The van der Waals surface area contributed by atoms with Crippen molar-refractivity contribution in [3.05, 3.63) is 24.4 Å². The minimum Gasteiger partial charge on any atom is -0.355 e. The van der Waals surface area contributed by atoms with E-state index in [-0.39, 0.29) is 24.0 Å². The maximum atomic E-state index is 4.56. The average molecular weight is 500 g/mol. The lowest BCUT2D eigenvalue weighted by Crippen LogP contribution is -2.55. The van der Waals surface area contributed by atoms with Gasteiger partial charge in [-0.15, -0.1) is 24.0 Å². The monoisotopic (exact) mass is 500 g/mol. The number of rotatable bonds is 5. The number of nitrogens with zero attached hydrogens (tertiary/aromatic N) is 5.